The highest BCUT2D eigenvalue weighted by Crippen LogP contribution is 2.26. The average molecular weight is 409 g/mol. The number of nitro groups is 1. The van der Waals surface area contributed by atoms with Gasteiger partial charge in [-0.2, -0.15) is 0 Å². The molecule has 4 amide bonds. The molecule has 0 bridgehead atoms. The third-order valence-corrected chi connectivity index (χ3v) is 4.93. The summed E-state index contributed by atoms with van der Waals surface area (Å²) >= 11 is 5.79. The van der Waals surface area contributed by atoms with E-state index in [1.54, 1.807) is 11.8 Å². The highest BCUT2D eigenvalue weighted by molar-refractivity contribution is 6.30. The van der Waals surface area contributed by atoms with Crippen LogP contribution in [0.3, 0.4) is 0 Å². The minimum Gasteiger partial charge on any atom is -0.338 e. The van der Waals surface area contributed by atoms with E-state index in [9.17, 15) is 29.3 Å². The van der Waals surface area contributed by atoms with Crippen molar-refractivity contribution in [1.82, 2.24) is 14.7 Å². The van der Waals surface area contributed by atoms with Crippen molar-refractivity contribution in [3.8, 4) is 0 Å². The molecule has 1 aromatic rings. The first-order chi connectivity index (χ1) is 13.2. The number of halogens is 1. The molecule has 1 saturated heterocycles. The Morgan fingerprint density at radius 1 is 1.11 bits per heavy atom. The Kier molecular flexibility index (Phi) is 5.32. The molecule has 0 aliphatic carbocycles. The van der Waals surface area contributed by atoms with Gasteiger partial charge in [-0.3, -0.25) is 34.2 Å². The summed E-state index contributed by atoms with van der Waals surface area (Å²) < 4.78 is 0. The zero-order chi connectivity index (χ0) is 20.6. The molecule has 2 aliphatic rings. The lowest BCUT2D eigenvalue weighted by Gasteiger charge is -2.35. The van der Waals surface area contributed by atoms with E-state index in [4.69, 9.17) is 11.6 Å². The summed E-state index contributed by atoms with van der Waals surface area (Å²) in [6, 6.07) is 3.40. The van der Waals surface area contributed by atoms with Gasteiger partial charge in [-0.15, -0.1) is 11.6 Å². The molecule has 0 spiro atoms. The summed E-state index contributed by atoms with van der Waals surface area (Å²) in [6.07, 6.45) is 0. The van der Waals surface area contributed by atoms with E-state index in [0.29, 0.717) is 13.1 Å². The van der Waals surface area contributed by atoms with Crippen LogP contribution in [0.4, 0.5) is 5.69 Å². The zero-order valence-electron chi connectivity index (χ0n) is 15.0. The van der Waals surface area contributed by atoms with Crippen LogP contribution in [0.25, 0.3) is 0 Å². The van der Waals surface area contributed by atoms with Crippen molar-refractivity contribution in [3.63, 3.8) is 0 Å². The van der Waals surface area contributed by atoms with Gasteiger partial charge >= 0.3 is 0 Å². The number of amides is 4. The van der Waals surface area contributed by atoms with Crippen LogP contribution in [-0.2, 0) is 9.59 Å². The third-order valence-electron chi connectivity index (χ3n) is 4.74. The first-order valence-electron chi connectivity index (χ1n) is 8.56. The van der Waals surface area contributed by atoms with E-state index in [0.717, 1.165) is 17.0 Å². The summed E-state index contributed by atoms with van der Waals surface area (Å²) in [6.45, 7) is 2.28. The van der Waals surface area contributed by atoms with Crippen molar-refractivity contribution in [2.75, 3.05) is 32.7 Å². The van der Waals surface area contributed by atoms with Crippen LogP contribution in [0.2, 0.25) is 0 Å². The fourth-order valence-corrected chi connectivity index (χ4v) is 3.34. The van der Waals surface area contributed by atoms with Crippen molar-refractivity contribution >= 4 is 40.9 Å². The highest BCUT2D eigenvalue weighted by atomic mass is 35.5. The Labute approximate surface area is 164 Å². The third kappa shape index (κ3) is 3.55. The SMILES string of the molecule is CC(Cl)C(=O)N1CCN(C(=O)CN2C(=O)c3ccc([N+](=O)[O-])cc3C2=O)CC1. The second-order valence-corrected chi connectivity index (χ2v) is 7.16. The molecule has 0 radical (unpaired) electrons. The van der Waals surface area contributed by atoms with Crippen molar-refractivity contribution < 1.29 is 24.1 Å². The fourth-order valence-electron chi connectivity index (χ4n) is 3.20. The minimum atomic E-state index is -0.734. The summed E-state index contributed by atoms with van der Waals surface area (Å²) in [4.78, 5) is 63.3. The molecule has 10 nitrogen and oxygen atoms in total. The number of fused-ring (bicyclic) bond motifs is 1. The van der Waals surface area contributed by atoms with Crippen molar-refractivity contribution in [2.45, 2.75) is 12.3 Å². The fraction of sp³-hybridized carbons (Fsp3) is 0.412. The Morgan fingerprint density at radius 2 is 1.68 bits per heavy atom. The predicted molar refractivity (Wildman–Crippen MR) is 96.9 cm³/mol. The normalized spacial score (nSPS) is 17.6. The number of rotatable bonds is 4. The average Bonchev–Trinajstić information content (AvgIpc) is 2.91. The number of benzene rings is 1. The molecular formula is C17H17ClN4O6. The first kappa shape index (κ1) is 19.7. The van der Waals surface area contributed by atoms with Gasteiger partial charge < -0.3 is 9.80 Å². The zero-order valence-corrected chi connectivity index (χ0v) is 15.7. The predicted octanol–water partition coefficient (Wildman–Crippen LogP) is 0.489. The number of nitrogens with zero attached hydrogens (tertiary/aromatic N) is 4. The second kappa shape index (κ2) is 7.55. The topological polar surface area (TPSA) is 121 Å². The number of carbonyl (C=O) groups is 4. The Morgan fingerprint density at radius 3 is 2.25 bits per heavy atom. The largest absolute Gasteiger partial charge is 0.338 e. The molecule has 2 aliphatic heterocycles. The summed E-state index contributed by atoms with van der Waals surface area (Å²) in [5, 5.41) is 10.2. The monoisotopic (exact) mass is 408 g/mol. The van der Waals surface area contributed by atoms with Crippen LogP contribution in [-0.4, -0.2) is 81.4 Å². The van der Waals surface area contributed by atoms with E-state index in [1.165, 1.54) is 11.0 Å². The van der Waals surface area contributed by atoms with E-state index in [1.807, 2.05) is 0 Å². The van der Waals surface area contributed by atoms with Gasteiger partial charge in [0.2, 0.25) is 11.8 Å². The van der Waals surface area contributed by atoms with E-state index in [-0.39, 0.29) is 35.8 Å². The van der Waals surface area contributed by atoms with Gasteiger partial charge in [0.25, 0.3) is 17.5 Å². The van der Waals surface area contributed by atoms with Crippen LogP contribution < -0.4 is 0 Å². The van der Waals surface area contributed by atoms with Gasteiger partial charge in [-0.25, -0.2) is 0 Å². The van der Waals surface area contributed by atoms with Gasteiger partial charge in [0.1, 0.15) is 11.9 Å². The number of hydrogen-bond acceptors (Lipinski definition) is 6. The van der Waals surface area contributed by atoms with Crippen LogP contribution in [0.5, 0.6) is 0 Å². The molecule has 1 aromatic carbocycles. The number of non-ortho nitro benzene ring substituents is 1. The molecule has 3 rings (SSSR count). The molecule has 1 fully saturated rings. The molecule has 1 atom stereocenters. The lowest BCUT2D eigenvalue weighted by atomic mass is 10.1. The molecule has 2 heterocycles. The van der Waals surface area contributed by atoms with Crippen LogP contribution >= 0.6 is 11.6 Å². The summed E-state index contributed by atoms with van der Waals surface area (Å²) in [5.74, 6) is -2.04. The Bertz CT molecular complexity index is 878. The van der Waals surface area contributed by atoms with Gasteiger partial charge in [0, 0.05) is 38.3 Å². The van der Waals surface area contributed by atoms with E-state index in [2.05, 4.69) is 0 Å². The van der Waals surface area contributed by atoms with Crippen molar-refractivity contribution in [1.29, 1.82) is 0 Å². The maximum Gasteiger partial charge on any atom is 0.270 e. The molecule has 28 heavy (non-hydrogen) atoms. The van der Waals surface area contributed by atoms with Crippen molar-refractivity contribution in [3.05, 3.63) is 39.4 Å². The van der Waals surface area contributed by atoms with Crippen LogP contribution in [0.15, 0.2) is 18.2 Å². The van der Waals surface area contributed by atoms with E-state index >= 15 is 0 Å². The second-order valence-electron chi connectivity index (χ2n) is 6.51. The maximum absolute atomic E-state index is 12.5. The van der Waals surface area contributed by atoms with Gasteiger partial charge in [-0.05, 0) is 13.0 Å². The highest BCUT2D eigenvalue weighted by Gasteiger charge is 2.39. The van der Waals surface area contributed by atoms with Gasteiger partial charge in [0.05, 0.1) is 16.1 Å². The smallest absolute Gasteiger partial charge is 0.270 e. The minimum absolute atomic E-state index is 0.0370. The molecular weight excluding hydrogens is 392 g/mol. The Balaban J connectivity index is 1.65. The van der Waals surface area contributed by atoms with Gasteiger partial charge in [-0.1, -0.05) is 0 Å². The van der Waals surface area contributed by atoms with Crippen LogP contribution in [0.1, 0.15) is 27.6 Å². The lowest BCUT2D eigenvalue weighted by Crippen LogP contribution is -2.54. The quantitative estimate of drug-likeness (QED) is 0.309. The van der Waals surface area contributed by atoms with E-state index < -0.39 is 34.6 Å². The molecule has 0 saturated carbocycles. The first-order valence-corrected chi connectivity index (χ1v) is 8.99. The molecule has 148 valence electrons. The standard InChI is InChI=1S/C17H17ClN4O6/c1-10(18)15(24)20-6-4-19(5-7-20)14(23)9-21-16(25)12-3-2-11(22(27)28)8-13(12)17(21)26/h2-3,8,10H,4-7,9H2,1H3. The number of alkyl halides is 1. The molecule has 0 N–H and O–H groups in total. The summed E-state index contributed by atoms with van der Waals surface area (Å²) in [7, 11) is 0. The lowest BCUT2D eigenvalue weighted by molar-refractivity contribution is -0.384. The van der Waals surface area contributed by atoms with Crippen LogP contribution in [0, 0.1) is 10.1 Å². The maximum atomic E-state index is 12.5. The number of hydrogen-bond donors (Lipinski definition) is 0. The molecule has 11 heteroatoms. The van der Waals surface area contributed by atoms with Crippen molar-refractivity contribution in [2.24, 2.45) is 0 Å². The summed E-state index contributed by atoms with van der Waals surface area (Å²) in [5.41, 5.74) is -0.351. The number of piperazine rings is 1. The Hall–Kier alpha value is -3.01. The number of nitro benzene ring substituents is 1. The molecule has 1 unspecified atom stereocenters. The van der Waals surface area contributed by atoms with Gasteiger partial charge in [0.15, 0.2) is 0 Å². The number of carbonyl (C=O) groups excluding carboxylic acids is 4. The molecule has 0 aromatic heterocycles. The number of imide groups is 1.